The van der Waals surface area contributed by atoms with Crippen LogP contribution in [-0.2, 0) is 9.59 Å². The standard InChI is InChI=1S/C23H23N3O5/c1-15(26-21(29)23(25-22(26)30)13-5-6-14-23)20(28)31-18-11-9-17(10-12-18)24-19(27)16-7-3-2-4-8-16/h2-4,7-12,15H,5-6,13-14H2,1H3,(H,24,27)(H,25,30). The Morgan fingerprint density at radius 1 is 1.03 bits per heavy atom. The van der Waals surface area contributed by atoms with Crippen LogP contribution in [0.1, 0.15) is 43.0 Å². The Labute approximate surface area is 179 Å². The lowest BCUT2D eigenvalue weighted by Crippen LogP contribution is -2.47. The van der Waals surface area contributed by atoms with Crippen molar-refractivity contribution < 1.29 is 23.9 Å². The van der Waals surface area contributed by atoms with Gasteiger partial charge in [-0.05, 0) is 56.2 Å². The maximum atomic E-state index is 12.8. The zero-order chi connectivity index (χ0) is 22.0. The minimum atomic E-state index is -1.05. The molecule has 1 unspecified atom stereocenters. The van der Waals surface area contributed by atoms with E-state index < -0.39 is 23.6 Å². The van der Waals surface area contributed by atoms with E-state index in [0.717, 1.165) is 17.7 Å². The van der Waals surface area contributed by atoms with Gasteiger partial charge in [0.15, 0.2) is 0 Å². The quantitative estimate of drug-likeness (QED) is 0.439. The van der Waals surface area contributed by atoms with Crippen LogP contribution in [0.3, 0.4) is 0 Å². The van der Waals surface area contributed by atoms with E-state index >= 15 is 0 Å². The van der Waals surface area contributed by atoms with Gasteiger partial charge < -0.3 is 15.4 Å². The van der Waals surface area contributed by atoms with Crippen LogP contribution < -0.4 is 15.4 Å². The normalized spacial score (nSPS) is 18.0. The molecule has 1 heterocycles. The van der Waals surface area contributed by atoms with Crippen LogP contribution in [0.4, 0.5) is 10.5 Å². The molecule has 160 valence electrons. The molecule has 2 aromatic rings. The first-order valence-corrected chi connectivity index (χ1v) is 10.2. The van der Waals surface area contributed by atoms with Crippen molar-refractivity contribution in [2.24, 2.45) is 0 Å². The van der Waals surface area contributed by atoms with E-state index in [2.05, 4.69) is 10.6 Å². The minimum Gasteiger partial charge on any atom is -0.425 e. The number of benzene rings is 2. The van der Waals surface area contributed by atoms with Gasteiger partial charge in [-0.3, -0.25) is 9.59 Å². The van der Waals surface area contributed by atoms with Crippen molar-refractivity contribution in [1.29, 1.82) is 0 Å². The Kier molecular flexibility index (Phi) is 5.46. The Hall–Kier alpha value is -3.68. The van der Waals surface area contributed by atoms with Crippen LogP contribution in [0.5, 0.6) is 5.75 Å². The summed E-state index contributed by atoms with van der Waals surface area (Å²) in [5.41, 5.74) is 0.198. The second-order valence-corrected chi connectivity index (χ2v) is 7.84. The van der Waals surface area contributed by atoms with Gasteiger partial charge in [-0.15, -0.1) is 0 Å². The zero-order valence-corrected chi connectivity index (χ0v) is 17.1. The molecule has 8 nitrogen and oxygen atoms in total. The van der Waals surface area contributed by atoms with Crippen molar-refractivity contribution in [1.82, 2.24) is 10.2 Å². The second-order valence-electron chi connectivity index (χ2n) is 7.84. The van der Waals surface area contributed by atoms with Gasteiger partial charge >= 0.3 is 12.0 Å². The average molecular weight is 421 g/mol. The van der Waals surface area contributed by atoms with Crippen LogP contribution in [0.15, 0.2) is 54.6 Å². The van der Waals surface area contributed by atoms with Gasteiger partial charge in [0.25, 0.3) is 11.8 Å². The summed E-state index contributed by atoms with van der Waals surface area (Å²) in [7, 11) is 0. The van der Waals surface area contributed by atoms with Crippen LogP contribution in [0.2, 0.25) is 0 Å². The summed E-state index contributed by atoms with van der Waals surface area (Å²) in [5, 5.41) is 5.52. The number of urea groups is 1. The Morgan fingerprint density at radius 2 is 1.68 bits per heavy atom. The lowest BCUT2D eigenvalue weighted by Gasteiger charge is -2.23. The maximum absolute atomic E-state index is 12.8. The molecule has 1 saturated heterocycles. The first kappa shape index (κ1) is 20.6. The van der Waals surface area contributed by atoms with Crippen molar-refractivity contribution in [3.8, 4) is 5.75 Å². The number of rotatable bonds is 5. The third-order valence-electron chi connectivity index (χ3n) is 5.75. The van der Waals surface area contributed by atoms with Crippen molar-refractivity contribution >= 4 is 29.5 Å². The topological polar surface area (TPSA) is 105 Å². The summed E-state index contributed by atoms with van der Waals surface area (Å²) in [4.78, 5) is 50.9. The number of nitrogens with zero attached hydrogens (tertiary/aromatic N) is 1. The van der Waals surface area contributed by atoms with Gasteiger partial charge in [0.2, 0.25) is 0 Å². The van der Waals surface area contributed by atoms with E-state index in [9.17, 15) is 19.2 Å². The highest BCUT2D eigenvalue weighted by Gasteiger charge is 2.54. The molecule has 1 atom stereocenters. The number of hydrogen-bond acceptors (Lipinski definition) is 5. The third kappa shape index (κ3) is 4.01. The molecule has 2 N–H and O–H groups in total. The number of anilines is 1. The van der Waals surface area contributed by atoms with Crippen molar-refractivity contribution in [2.45, 2.75) is 44.2 Å². The predicted octanol–water partition coefficient (Wildman–Crippen LogP) is 3.10. The lowest BCUT2D eigenvalue weighted by molar-refractivity contribution is -0.145. The third-order valence-corrected chi connectivity index (χ3v) is 5.75. The summed E-state index contributed by atoms with van der Waals surface area (Å²) in [6.45, 7) is 1.47. The van der Waals surface area contributed by atoms with Crippen molar-refractivity contribution in [2.75, 3.05) is 5.32 Å². The second kappa shape index (κ2) is 8.22. The number of nitrogens with one attached hydrogen (secondary N) is 2. The molecule has 2 aromatic carbocycles. The van der Waals surface area contributed by atoms with Crippen molar-refractivity contribution in [3.63, 3.8) is 0 Å². The van der Waals surface area contributed by atoms with E-state index in [1.807, 2.05) is 6.07 Å². The van der Waals surface area contributed by atoms with Gasteiger partial charge in [0, 0.05) is 11.3 Å². The predicted molar refractivity (Wildman–Crippen MR) is 113 cm³/mol. The molecule has 1 aliphatic carbocycles. The fourth-order valence-electron chi connectivity index (χ4n) is 4.02. The van der Waals surface area contributed by atoms with Crippen LogP contribution in [0.25, 0.3) is 0 Å². The molecule has 0 bridgehead atoms. The number of carbonyl (C=O) groups is 4. The molecule has 1 saturated carbocycles. The fraction of sp³-hybridized carbons (Fsp3) is 0.304. The number of carbonyl (C=O) groups excluding carboxylic acids is 4. The van der Waals surface area contributed by atoms with Gasteiger partial charge in [-0.2, -0.15) is 0 Å². The number of esters is 1. The summed E-state index contributed by atoms with van der Waals surface area (Å²) < 4.78 is 5.36. The first-order valence-electron chi connectivity index (χ1n) is 10.2. The Morgan fingerprint density at radius 3 is 2.32 bits per heavy atom. The highest BCUT2D eigenvalue weighted by Crippen LogP contribution is 2.36. The molecule has 2 fully saturated rings. The SMILES string of the molecule is CC(C(=O)Oc1ccc(NC(=O)c2ccccc2)cc1)N1C(=O)NC2(CCCC2)C1=O. The monoisotopic (exact) mass is 421 g/mol. The van der Waals surface area contributed by atoms with Gasteiger partial charge in [0.1, 0.15) is 17.3 Å². The van der Waals surface area contributed by atoms with E-state index in [1.165, 1.54) is 19.1 Å². The molecule has 31 heavy (non-hydrogen) atoms. The van der Waals surface area contributed by atoms with E-state index in [-0.39, 0.29) is 17.6 Å². The molecule has 0 aromatic heterocycles. The van der Waals surface area contributed by atoms with E-state index in [0.29, 0.717) is 24.1 Å². The number of ether oxygens (including phenoxy) is 1. The molecule has 4 amide bonds. The minimum absolute atomic E-state index is 0.247. The summed E-state index contributed by atoms with van der Waals surface area (Å²) >= 11 is 0. The molecular formula is C23H23N3O5. The summed E-state index contributed by atoms with van der Waals surface area (Å²) in [6, 6.07) is 13.5. The summed E-state index contributed by atoms with van der Waals surface area (Å²) in [6.07, 6.45) is 2.91. The lowest BCUT2D eigenvalue weighted by atomic mass is 9.98. The highest BCUT2D eigenvalue weighted by molar-refractivity contribution is 6.09. The Balaban J connectivity index is 1.38. The van der Waals surface area contributed by atoms with Gasteiger partial charge in [-0.25, -0.2) is 14.5 Å². The van der Waals surface area contributed by atoms with Gasteiger partial charge in [-0.1, -0.05) is 31.0 Å². The maximum Gasteiger partial charge on any atom is 0.334 e. The number of amides is 4. The summed E-state index contributed by atoms with van der Waals surface area (Å²) in [5.74, 6) is -1.08. The molecule has 4 rings (SSSR count). The van der Waals surface area contributed by atoms with Crippen LogP contribution in [0, 0.1) is 0 Å². The van der Waals surface area contributed by atoms with Crippen LogP contribution >= 0.6 is 0 Å². The molecular weight excluding hydrogens is 398 g/mol. The Bertz CT molecular complexity index is 1010. The van der Waals surface area contributed by atoms with E-state index in [4.69, 9.17) is 4.74 Å². The average Bonchev–Trinajstić information content (AvgIpc) is 3.34. The molecule has 2 aliphatic rings. The molecule has 0 radical (unpaired) electrons. The highest BCUT2D eigenvalue weighted by atomic mass is 16.5. The fourth-order valence-corrected chi connectivity index (χ4v) is 4.02. The smallest absolute Gasteiger partial charge is 0.334 e. The van der Waals surface area contributed by atoms with E-state index in [1.54, 1.807) is 36.4 Å². The number of imide groups is 1. The molecule has 1 spiro atoms. The first-order chi connectivity index (χ1) is 14.9. The van der Waals surface area contributed by atoms with Crippen molar-refractivity contribution in [3.05, 3.63) is 60.2 Å². The largest absolute Gasteiger partial charge is 0.425 e. The zero-order valence-electron chi connectivity index (χ0n) is 17.1. The molecule has 1 aliphatic heterocycles. The van der Waals surface area contributed by atoms with Crippen LogP contribution in [-0.4, -0.2) is 40.3 Å². The number of hydrogen-bond donors (Lipinski definition) is 2. The van der Waals surface area contributed by atoms with Gasteiger partial charge in [0.05, 0.1) is 0 Å². The molecule has 8 heteroatoms.